The molecule has 0 aliphatic rings. The van der Waals surface area contributed by atoms with E-state index in [0.717, 1.165) is 18.4 Å². The molecular formula is C30H48O3Si2. The summed E-state index contributed by atoms with van der Waals surface area (Å²) < 4.78 is 13.1. The molecule has 0 heterocycles. The zero-order valence-electron chi connectivity index (χ0n) is 23.3. The number of benzene rings is 2. The topological polar surface area (TPSA) is 38.7 Å². The van der Waals surface area contributed by atoms with Crippen molar-refractivity contribution >= 4 is 21.6 Å². The Kier molecular flexibility index (Phi) is 10.3. The second kappa shape index (κ2) is 12.2. The van der Waals surface area contributed by atoms with Gasteiger partial charge < -0.3 is 14.3 Å². The Bertz CT molecular complexity index is 906. The summed E-state index contributed by atoms with van der Waals surface area (Å²) >= 11 is 0. The normalized spacial score (nSPS) is 16.4. The summed E-state index contributed by atoms with van der Waals surface area (Å²) in [7, 11) is -4.24. The number of hydrogen-bond acceptors (Lipinski definition) is 3. The van der Waals surface area contributed by atoms with Crippen molar-refractivity contribution in [2.45, 2.75) is 95.6 Å². The fourth-order valence-corrected chi connectivity index (χ4v) is 9.58. The van der Waals surface area contributed by atoms with Crippen LogP contribution in [-0.4, -0.2) is 40.3 Å². The lowest BCUT2D eigenvalue weighted by Crippen LogP contribution is -2.60. The molecule has 2 aromatic rings. The first-order chi connectivity index (χ1) is 16.3. The van der Waals surface area contributed by atoms with Crippen molar-refractivity contribution in [3.8, 4) is 0 Å². The summed E-state index contributed by atoms with van der Waals surface area (Å²) in [6.45, 7) is 23.2. The minimum Gasteiger partial charge on any atom is -0.414 e. The Balaban J connectivity index is 2.47. The van der Waals surface area contributed by atoms with Gasteiger partial charge in [-0.3, -0.25) is 0 Å². The van der Waals surface area contributed by atoms with Crippen LogP contribution >= 0.6 is 0 Å². The van der Waals surface area contributed by atoms with Gasteiger partial charge in [-0.05, 0) is 30.1 Å². The zero-order chi connectivity index (χ0) is 26.3. The molecule has 2 aromatic carbocycles. The van der Waals surface area contributed by atoms with Crippen molar-refractivity contribution in [2.24, 2.45) is 0 Å². The molecule has 3 nitrogen and oxygen atoms in total. The van der Waals surface area contributed by atoms with Crippen molar-refractivity contribution in [1.82, 2.24) is 0 Å². The molecule has 0 saturated carbocycles. The molecule has 0 aliphatic heterocycles. The van der Waals surface area contributed by atoms with Crippen LogP contribution in [0, 0.1) is 0 Å². The van der Waals surface area contributed by atoms with Gasteiger partial charge in [0.1, 0.15) is 6.10 Å². The first kappa shape index (κ1) is 29.7. The van der Waals surface area contributed by atoms with Gasteiger partial charge in [0.25, 0.3) is 0 Å². The maximum absolute atomic E-state index is 12.2. The minimum atomic E-state index is -2.22. The molecule has 2 rings (SSSR count). The summed E-state index contributed by atoms with van der Waals surface area (Å²) in [5.74, 6) is 0. The molecule has 0 spiro atoms. The SMILES string of the molecule is C=C[C@](CCC)([C@H](O)[C@H](CO[Si](C)(C)C(C)(C)C)OCc1ccccc1)[Si](C)(C)c1ccccc1. The van der Waals surface area contributed by atoms with Crippen LogP contribution in [0.1, 0.15) is 46.1 Å². The average molecular weight is 513 g/mol. The van der Waals surface area contributed by atoms with E-state index in [1.54, 1.807) is 0 Å². The highest BCUT2D eigenvalue weighted by molar-refractivity contribution is 6.92. The van der Waals surface area contributed by atoms with Crippen LogP contribution in [0.4, 0.5) is 0 Å². The molecule has 3 atom stereocenters. The number of aliphatic hydroxyl groups is 1. The van der Waals surface area contributed by atoms with E-state index in [9.17, 15) is 5.11 Å². The molecule has 0 fully saturated rings. The third kappa shape index (κ3) is 6.83. The van der Waals surface area contributed by atoms with E-state index in [0.29, 0.717) is 13.2 Å². The average Bonchev–Trinajstić information content (AvgIpc) is 2.82. The van der Waals surface area contributed by atoms with E-state index >= 15 is 0 Å². The summed E-state index contributed by atoms with van der Waals surface area (Å²) in [6, 6.07) is 20.8. The van der Waals surface area contributed by atoms with E-state index in [-0.39, 0.29) is 5.04 Å². The van der Waals surface area contributed by atoms with Crippen molar-refractivity contribution < 1.29 is 14.3 Å². The lowest BCUT2D eigenvalue weighted by Gasteiger charge is -2.49. The highest BCUT2D eigenvalue weighted by Crippen LogP contribution is 2.49. The molecular weight excluding hydrogens is 464 g/mol. The summed E-state index contributed by atoms with van der Waals surface area (Å²) in [6.07, 6.45) is 2.67. The first-order valence-corrected chi connectivity index (χ1v) is 18.9. The van der Waals surface area contributed by atoms with E-state index in [1.165, 1.54) is 5.19 Å². The maximum atomic E-state index is 12.2. The summed E-state index contributed by atoms with van der Waals surface area (Å²) in [5.41, 5.74) is 1.09. The van der Waals surface area contributed by atoms with E-state index in [4.69, 9.17) is 9.16 Å². The highest BCUT2D eigenvalue weighted by Gasteiger charge is 2.52. The van der Waals surface area contributed by atoms with Gasteiger partial charge in [-0.25, -0.2) is 0 Å². The Labute approximate surface area is 216 Å². The van der Waals surface area contributed by atoms with Gasteiger partial charge in [0.15, 0.2) is 8.32 Å². The Morgan fingerprint density at radius 2 is 1.49 bits per heavy atom. The predicted octanol–water partition coefficient (Wildman–Crippen LogP) is 7.30. The van der Waals surface area contributed by atoms with Crippen molar-refractivity contribution in [3.05, 3.63) is 78.9 Å². The van der Waals surface area contributed by atoms with Gasteiger partial charge in [-0.2, -0.15) is 0 Å². The lowest BCUT2D eigenvalue weighted by atomic mass is 9.91. The van der Waals surface area contributed by atoms with Gasteiger partial charge >= 0.3 is 0 Å². The third-order valence-electron chi connectivity index (χ3n) is 8.29. The zero-order valence-corrected chi connectivity index (χ0v) is 25.3. The van der Waals surface area contributed by atoms with E-state index in [1.807, 2.05) is 24.3 Å². The Morgan fingerprint density at radius 3 is 1.97 bits per heavy atom. The molecule has 1 N–H and O–H groups in total. The monoisotopic (exact) mass is 512 g/mol. The van der Waals surface area contributed by atoms with E-state index < -0.39 is 33.6 Å². The van der Waals surface area contributed by atoms with E-state index in [2.05, 4.69) is 103 Å². The van der Waals surface area contributed by atoms with Gasteiger partial charge in [0.2, 0.25) is 0 Å². The lowest BCUT2D eigenvalue weighted by molar-refractivity contribution is -0.0805. The molecule has 0 saturated heterocycles. The standard InChI is InChI=1S/C30H48O3Si2/c1-10-22-30(11-2,34(6,7)26-20-16-13-17-21-26)28(31)27(24-33-35(8,9)29(3,4)5)32-23-25-18-14-12-15-19-25/h11-21,27-28,31H,2,10,22-24H2,1,3-9H3/t27-,28+,30-/m0/s1. The number of rotatable bonds is 13. The molecule has 0 aliphatic carbocycles. The van der Waals surface area contributed by atoms with Crippen molar-refractivity contribution in [1.29, 1.82) is 0 Å². The minimum absolute atomic E-state index is 0.0823. The second-order valence-electron chi connectivity index (χ2n) is 11.8. The molecule has 0 bridgehead atoms. The molecule has 0 unspecified atom stereocenters. The maximum Gasteiger partial charge on any atom is 0.192 e. The molecule has 0 amide bonds. The Hall–Kier alpha value is -1.51. The second-order valence-corrected chi connectivity index (χ2v) is 21.4. The van der Waals surface area contributed by atoms with Crippen molar-refractivity contribution in [3.63, 3.8) is 0 Å². The van der Waals surface area contributed by atoms with Crippen LogP contribution in [0.25, 0.3) is 0 Å². The van der Waals surface area contributed by atoms with Crippen molar-refractivity contribution in [2.75, 3.05) is 6.61 Å². The summed E-state index contributed by atoms with van der Waals surface area (Å²) in [5, 5.41) is 13.1. The smallest absolute Gasteiger partial charge is 0.192 e. The molecule has 194 valence electrons. The van der Waals surface area contributed by atoms with Crippen LogP contribution in [0.5, 0.6) is 0 Å². The fourth-order valence-electron chi connectivity index (χ4n) is 4.69. The number of ether oxygens (including phenoxy) is 1. The van der Waals surface area contributed by atoms with Crippen LogP contribution < -0.4 is 5.19 Å². The van der Waals surface area contributed by atoms with Gasteiger partial charge in [0.05, 0.1) is 27.4 Å². The van der Waals surface area contributed by atoms with Gasteiger partial charge in [0, 0.05) is 5.04 Å². The summed E-state index contributed by atoms with van der Waals surface area (Å²) in [4.78, 5) is 0. The fraction of sp³-hybridized carbons (Fsp3) is 0.533. The van der Waals surface area contributed by atoms with Crippen LogP contribution in [0.15, 0.2) is 73.3 Å². The quantitative estimate of drug-likeness (QED) is 0.226. The highest BCUT2D eigenvalue weighted by atomic mass is 28.4. The van der Waals surface area contributed by atoms with Crippen LogP contribution in [0.3, 0.4) is 0 Å². The van der Waals surface area contributed by atoms with Crippen LogP contribution in [0.2, 0.25) is 36.3 Å². The molecule has 5 heteroatoms. The molecule has 0 aromatic heterocycles. The molecule has 35 heavy (non-hydrogen) atoms. The first-order valence-electron chi connectivity index (χ1n) is 13.0. The molecule has 0 radical (unpaired) electrons. The largest absolute Gasteiger partial charge is 0.414 e. The number of aliphatic hydroxyl groups excluding tert-OH is 1. The predicted molar refractivity (Wildman–Crippen MR) is 156 cm³/mol. The van der Waals surface area contributed by atoms with Gasteiger partial charge in [-0.15, -0.1) is 6.58 Å². The van der Waals surface area contributed by atoms with Gasteiger partial charge in [-0.1, -0.05) is 119 Å². The third-order valence-corrected chi connectivity index (χ3v) is 17.6. The van der Waals surface area contributed by atoms with Crippen LogP contribution in [-0.2, 0) is 15.8 Å². The Morgan fingerprint density at radius 1 is 0.943 bits per heavy atom. The number of hydrogen-bond donors (Lipinski definition) is 1.